The quantitative estimate of drug-likeness (QED) is 0.644. The third-order valence-corrected chi connectivity index (χ3v) is 8.01. The molecule has 3 aromatic rings. The van der Waals surface area contributed by atoms with Crippen LogP contribution in [-0.2, 0) is 12.8 Å². The van der Waals surface area contributed by atoms with Crippen molar-refractivity contribution in [1.82, 2.24) is 14.9 Å². The summed E-state index contributed by atoms with van der Waals surface area (Å²) in [6.07, 6.45) is 8.49. The highest BCUT2D eigenvalue weighted by molar-refractivity contribution is 5.86. The SMILES string of the molecule is C[C@H]1CCc2c(ccc3c2nc(Cc2ccccc2)n3[C@H]2CCC23CCNCC3)N1. The lowest BCUT2D eigenvalue weighted by Crippen LogP contribution is -2.49. The first-order chi connectivity index (χ1) is 14.7. The number of anilines is 1. The molecule has 1 saturated carbocycles. The summed E-state index contributed by atoms with van der Waals surface area (Å²) in [6.45, 7) is 4.60. The Bertz CT molecular complexity index is 1060. The van der Waals surface area contributed by atoms with E-state index >= 15 is 0 Å². The molecule has 30 heavy (non-hydrogen) atoms. The first kappa shape index (κ1) is 18.4. The molecular formula is C26H32N4. The minimum Gasteiger partial charge on any atom is -0.382 e. The molecule has 4 heteroatoms. The van der Waals surface area contributed by atoms with Crippen LogP contribution >= 0.6 is 0 Å². The number of imidazole rings is 1. The molecule has 2 fully saturated rings. The molecular weight excluding hydrogens is 368 g/mol. The second kappa shape index (κ2) is 7.12. The summed E-state index contributed by atoms with van der Waals surface area (Å²) in [4.78, 5) is 5.33. The lowest BCUT2D eigenvalue weighted by Gasteiger charge is -2.53. The Balaban J connectivity index is 1.49. The van der Waals surface area contributed by atoms with Crippen LogP contribution in [0.1, 0.15) is 62.0 Å². The van der Waals surface area contributed by atoms with Gasteiger partial charge < -0.3 is 15.2 Å². The van der Waals surface area contributed by atoms with Crippen molar-refractivity contribution in [2.24, 2.45) is 5.41 Å². The van der Waals surface area contributed by atoms with E-state index in [4.69, 9.17) is 4.98 Å². The van der Waals surface area contributed by atoms with Gasteiger partial charge in [0.2, 0.25) is 0 Å². The number of nitrogens with one attached hydrogen (secondary N) is 2. The zero-order chi connectivity index (χ0) is 20.1. The molecule has 2 N–H and O–H groups in total. The summed E-state index contributed by atoms with van der Waals surface area (Å²) in [5.74, 6) is 1.26. The predicted octanol–water partition coefficient (Wildman–Crippen LogP) is 5.08. The van der Waals surface area contributed by atoms with Crippen molar-refractivity contribution in [3.8, 4) is 0 Å². The summed E-state index contributed by atoms with van der Waals surface area (Å²) >= 11 is 0. The zero-order valence-corrected chi connectivity index (χ0v) is 18.0. The molecule has 0 unspecified atom stereocenters. The predicted molar refractivity (Wildman–Crippen MR) is 123 cm³/mol. The first-order valence-electron chi connectivity index (χ1n) is 11.8. The van der Waals surface area contributed by atoms with Crippen LogP contribution < -0.4 is 10.6 Å². The number of aromatic nitrogens is 2. The summed E-state index contributed by atoms with van der Waals surface area (Å²) < 4.78 is 2.66. The van der Waals surface area contributed by atoms with Gasteiger partial charge in [0.05, 0.1) is 11.0 Å². The van der Waals surface area contributed by atoms with Gasteiger partial charge >= 0.3 is 0 Å². The smallest absolute Gasteiger partial charge is 0.114 e. The summed E-state index contributed by atoms with van der Waals surface area (Å²) in [5.41, 5.74) is 7.15. The molecule has 2 aliphatic heterocycles. The van der Waals surface area contributed by atoms with Gasteiger partial charge in [0.25, 0.3) is 0 Å². The molecule has 156 valence electrons. The number of piperidine rings is 1. The number of aryl methyl sites for hydroxylation is 1. The van der Waals surface area contributed by atoms with Crippen LogP contribution in [-0.4, -0.2) is 28.7 Å². The third-order valence-electron chi connectivity index (χ3n) is 8.01. The first-order valence-corrected chi connectivity index (χ1v) is 11.8. The Hall–Kier alpha value is -2.33. The van der Waals surface area contributed by atoms with E-state index in [-0.39, 0.29) is 0 Å². The third kappa shape index (κ3) is 2.88. The average molecular weight is 401 g/mol. The largest absolute Gasteiger partial charge is 0.382 e. The van der Waals surface area contributed by atoms with E-state index in [1.54, 1.807) is 0 Å². The fourth-order valence-corrected chi connectivity index (χ4v) is 6.20. The maximum atomic E-state index is 5.33. The van der Waals surface area contributed by atoms with Gasteiger partial charge in [0.1, 0.15) is 5.82 Å². The van der Waals surface area contributed by atoms with E-state index in [1.807, 2.05) is 0 Å². The summed E-state index contributed by atoms with van der Waals surface area (Å²) in [7, 11) is 0. The van der Waals surface area contributed by atoms with E-state index < -0.39 is 0 Å². The van der Waals surface area contributed by atoms with Crippen LogP contribution in [0.2, 0.25) is 0 Å². The fourth-order valence-electron chi connectivity index (χ4n) is 6.20. The summed E-state index contributed by atoms with van der Waals surface area (Å²) in [5, 5.41) is 7.26. The van der Waals surface area contributed by atoms with Gasteiger partial charge in [0, 0.05) is 29.8 Å². The van der Waals surface area contributed by atoms with Crippen molar-refractivity contribution in [2.75, 3.05) is 18.4 Å². The number of rotatable bonds is 3. The van der Waals surface area contributed by atoms with Gasteiger partial charge in [0.15, 0.2) is 0 Å². The van der Waals surface area contributed by atoms with E-state index in [2.05, 4.69) is 64.6 Å². The number of hydrogen-bond donors (Lipinski definition) is 2. The van der Waals surface area contributed by atoms with Crippen molar-refractivity contribution in [2.45, 2.75) is 64.0 Å². The molecule has 0 amide bonds. The van der Waals surface area contributed by atoms with Crippen LogP contribution in [0.15, 0.2) is 42.5 Å². The second-order valence-corrected chi connectivity index (χ2v) is 9.77. The summed E-state index contributed by atoms with van der Waals surface area (Å²) in [6, 6.07) is 16.7. The monoisotopic (exact) mass is 400 g/mol. The zero-order valence-electron chi connectivity index (χ0n) is 18.0. The lowest BCUT2D eigenvalue weighted by molar-refractivity contribution is 0.00834. The highest BCUT2D eigenvalue weighted by Crippen LogP contribution is 2.57. The molecule has 1 aliphatic carbocycles. The molecule has 2 atom stereocenters. The number of nitrogens with zero attached hydrogens (tertiary/aromatic N) is 2. The highest BCUT2D eigenvalue weighted by Gasteiger charge is 2.49. The average Bonchev–Trinajstić information content (AvgIpc) is 3.12. The van der Waals surface area contributed by atoms with Gasteiger partial charge in [-0.15, -0.1) is 0 Å². The fraction of sp³-hybridized carbons (Fsp3) is 0.500. The van der Waals surface area contributed by atoms with Crippen molar-refractivity contribution in [3.63, 3.8) is 0 Å². The van der Waals surface area contributed by atoms with Crippen LogP contribution in [0.5, 0.6) is 0 Å². The second-order valence-electron chi connectivity index (χ2n) is 9.77. The van der Waals surface area contributed by atoms with Gasteiger partial charge in [-0.05, 0) is 81.6 Å². The molecule has 2 aromatic carbocycles. The molecule has 3 aliphatic rings. The maximum Gasteiger partial charge on any atom is 0.114 e. The van der Waals surface area contributed by atoms with Crippen LogP contribution in [0.25, 0.3) is 11.0 Å². The number of hydrogen-bond acceptors (Lipinski definition) is 3. The standard InChI is InChI=1S/C26H32N4/c1-18-7-8-20-21(28-18)9-10-22-25(20)29-24(17-19-5-3-2-4-6-19)30(22)23-11-12-26(23)13-15-27-16-14-26/h2-6,9-10,18,23,27-28H,7-8,11-17H2,1H3/t18-,23-/m0/s1. The van der Waals surface area contributed by atoms with Gasteiger partial charge in [-0.3, -0.25) is 0 Å². The molecule has 0 bridgehead atoms. The number of fused-ring (bicyclic) bond motifs is 3. The normalized spacial score (nSPS) is 25.0. The lowest BCUT2D eigenvalue weighted by atomic mass is 9.59. The van der Waals surface area contributed by atoms with Crippen molar-refractivity contribution < 1.29 is 0 Å². The molecule has 1 spiro atoms. The van der Waals surface area contributed by atoms with Crippen LogP contribution in [0, 0.1) is 5.41 Å². The van der Waals surface area contributed by atoms with E-state index in [9.17, 15) is 0 Å². The molecule has 1 aromatic heterocycles. The highest BCUT2D eigenvalue weighted by atomic mass is 15.1. The molecule has 1 saturated heterocycles. The topological polar surface area (TPSA) is 41.9 Å². The van der Waals surface area contributed by atoms with Crippen LogP contribution in [0.3, 0.4) is 0 Å². The molecule has 3 heterocycles. The number of benzene rings is 2. The Morgan fingerprint density at radius 3 is 2.63 bits per heavy atom. The Kier molecular flexibility index (Phi) is 4.38. The van der Waals surface area contributed by atoms with Crippen molar-refractivity contribution in [3.05, 3.63) is 59.4 Å². The minimum absolute atomic E-state index is 0.465. The minimum atomic E-state index is 0.465. The van der Waals surface area contributed by atoms with Gasteiger partial charge in [-0.25, -0.2) is 4.98 Å². The Labute approximate surface area is 179 Å². The van der Waals surface area contributed by atoms with Crippen molar-refractivity contribution in [1.29, 1.82) is 0 Å². The molecule has 4 nitrogen and oxygen atoms in total. The molecule has 0 radical (unpaired) electrons. The van der Waals surface area contributed by atoms with Crippen LogP contribution in [0.4, 0.5) is 5.69 Å². The van der Waals surface area contributed by atoms with E-state index in [1.165, 1.54) is 65.8 Å². The Morgan fingerprint density at radius 1 is 1.03 bits per heavy atom. The van der Waals surface area contributed by atoms with Crippen molar-refractivity contribution >= 4 is 16.7 Å². The Morgan fingerprint density at radius 2 is 1.87 bits per heavy atom. The van der Waals surface area contributed by atoms with E-state index in [0.717, 1.165) is 25.9 Å². The van der Waals surface area contributed by atoms with Gasteiger partial charge in [-0.2, -0.15) is 0 Å². The maximum absolute atomic E-state index is 5.33. The van der Waals surface area contributed by atoms with Gasteiger partial charge in [-0.1, -0.05) is 30.3 Å². The molecule has 6 rings (SSSR count). The van der Waals surface area contributed by atoms with E-state index in [0.29, 0.717) is 17.5 Å².